The molecule has 3 aromatic rings. The molecule has 2 amide bonds. The zero-order valence-corrected chi connectivity index (χ0v) is 19.2. The van der Waals surface area contributed by atoms with E-state index in [-0.39, 0.29) is 6.03 Å². The highest BCUT2D eigenvalue weighted by atomic mass is 16.2. The van der Waals surface area contributed by atoms with E-state index in [1.54, 1.807) is 0 Å². The second-order valence-electron chi connectivity index (χ2n) is 8.82. The Labute approximate surface area is 196 Å². The van der Waals surface area contributed by atoms with Crippen LogP contribution in [0.4, 0.5) is 21.9 Å². The van der Waals surface area contributed by atoms with E-state index in [2.05, 4.69) is 70.2 Å². The lowest BCUT2D eigenvalue weighted by Gasteiger charge is -2.39. The lowest BCUT2D eigenvalue weighted by molar-refractivity contribution is 0.201. The number of urea groups is 1. The van der Waals surface area contributed by atoms with Crippen LogP contribution in [0.2, 0.25) is 0 Å². The number of carbonyl (C=O) groups excluding carboxylic acids is 1. The molecule has 1 aromatic heterocycles. The van der Waals surface area contributed by atoms with Gasteiger partial charge < -0.3 is 14.7 Å². The van der Waals surface area contributed by atoms with Crippen molar-refractivity contribution >= 4 is 23.1 Å². The van der Waals surface area contributed by atoms with E-state index in [0.29, 0.717) is 0 Å². The Hall–Kier alpha value is -3.54. The molecule has 0 N–H and O–H groups in total. The van der Waals surface area contributed by atoms with Crippen LogP contribution in [0.1, 0.15) is 17.5 Å². The van der Waals surface area contributed by atoms with Gasteiger partial charge in [-0.1, -0.05) is 42.5 Å². The van der Waals surface area contributed by atoms with Gasteiger partial charge >= 0.3 is 6.03 Å². The number of fused-ring (bicyclic) bond motifs is 1. The molecule has 0 radical (unpaired) electrons. The molecule has 0 saturated carbocycles. The first kappa shape index (κ1) is 21.3. The van der Waals surface area contributed by atoms with Crippen molar-refractivity contribution < 1.29 is 4.79 Å². The molecule has 33 heavy (non-hydrogen) atoms. The van der Waals surface area contributed by atoms with E-state index in [4.69, 9.17) is 0 Å². The van der Waals surface area contributed by atoms with Crippen LogP contribution in [0.25, 0.3) is 0 Å². The van der Waals surface area contributed by atoms with Crippen LogP contribution in [0.5, 0.6) is 0 Å². The van der Waals surface area contributed by atoms with E-state index < -0.39 is 0 Å². The number of aromatic nitrogens is 1. The Balaban J connectivity index is 1.32. The van der Waals surface area contributed by atoms with E-state index in [1.807, 2.05) is 34.3 Å². The van der Waals surface area contributed by atoms with Gasteiger partial charge in [0, 0.05) is 52.0 Å². The molecule has 6 nitrogen and oxygen atoms in total. The van der Waals surface area contributed by atoms with Crippen LogP contribution < -0.4 is 14.7 Å². The Bertz CT molecular complexity index is 1090. The average molecular weight is 442 g/mol. The number of benzene rings is 2. The summed E-state index contributed by atoms with van der Waals surface area (Å²) in [5, 5.41) is 0. The van der Waals surface area contributed by atoms with Crippen LogP contribution in [0, 0.1) is 6.92 Å². The van der Waals surface area contributed by atoms with Gasteiger partial charge in [-0.05, 0) is 42.7 Å². The number of piperazine rings is 1. The van der Waals surface area contributed by atoms with Crippen molar-refractivity contribution in [3.05, 3.63) is 84.2 Å². The summed E-state index contributed by atoms with van der Waals surface area (Å²) in [6.07, 6.45) is 4.71. The number of nitrogens with zero attached hydrogens (tertiary/aromatic N) is 5. The maximum atomic E-state index is 13.6. The highest BCUT2D eigenvalue weighted by Crippen LogP contribution is 2.34. The molecule has 2 aromatic carbocycles. The fourth-order valence-corrected chi connectivity index (χ4v) is 4.88. The number of aryl methyl sites for hydroxylation is 1. The zero-order chi connectivity index (χ0) is 22.6. The van der Waals surface area contributed by atoms with Crippen molar-refractivity contribution in [2.75, 3.05) is 54.0 Å². The van der Waals surface area contributed by atoms with Gasteiger partial charge in [-0.2, -0.15) is 0 Å². The molecule has 0 spiro atoms. The third-order valence-electron chi connectivity index (χ3n) is 6.67. The van der Waals surface area contributed by atoms with Crippen LogP contribution in [0.15, 0.2) is 73.1 Å². The summed E-state index contributed by atoms with van der Waals surface area (Å²) in [6.45, 7) is 7.74. The maximum Gasteiger partial charge on any atom is 0.324 e. The molecular weight excluding hydrogens is 410 g/mol. The molecule has 2 aliphatic rings. The van der Waals surface area contributed by atoms with Crippen LogP contribution >= 0.6 is 0 Å². The van der Waals surface area contributed by atoms with E-state index >= 15 is 0 Å². The number of hydrogen-bond donors (Lipinski definition) is 0. The number of rotatable bonds is 3. The van der Waals surface area contributed by atoms with Gasteiger partial charge in [0.1, 0.15) is 0 Å². The summed E-state index contributed by atoms with van der Waals surface area (Å²) in [6, 6.07) is 21.1. The third kappa shape index (κ3) is 4.51. The molecule has 0 bridgehead atoms. The molecule has 170 valence electrons. The number of carbonyl (C=O) groups is 1. The average Bonchev–Trinajstić information content (AvgIpc) is 3.04. The van der Waals surface area contributed by atoms with Gasteiger partial charge in [0.2, 0.25) is 0 Å². The minimum atomic E-state index is 0.117. The molecule has 2 aliphatic heterocycles. The molecule has 0 atom stereocenters. The fourth-order valence-electron chi connectivity index (χ4n) is 4.88. The van der Waals surface area contributed by atoms with E-state index in [9.17, 15) is 4.79 Å². The standard InChI is InChI=1S/C27H31N5O/c1-22-12-13-28-20-26(22)29-16-18-30(19-17-29)27(33)32-15-7-14-31(21-23-8-3-2-4-9-23)24-10-5-6-11-25(24)32/h2-6,8-13,20H,7,14-19,21H2,1H3. The predicted octanol–water partition coefficient (Wildman–Crippen LogP) is 4.55. The van der Waals surface area contributed by atoms with Gasteiger partial charge in [0.05, 0.1) is 23.3 Å². The predicted molar refractivity (Wildman–Crippen MR) is 134 cm³/mol. The van der Waals surface area contributed by atoms with Gasteiger partial charge in [-0.25, -0.2) is 4.79 Å². The molecule has 1 saturated heterocycles. The molecule has 0 aliphatic carbocycles. The first-order chi connectivity index (χ1) is 16.2. The number of amides is 2. The largest absolute Gasteiger partial charge is 0.367 e. The van der Waals surface area contributed by atoms with Crippen molar-refractivity contribution in [3.63, 3.8) is 0 Å². The van der Waals surface area contributed by atoms with Gasteiger partial charge in [-0.3, -0.25) is 9.88 Å². The maximum absolute atomic E-state index is 13.6. The summed E-state index contributed by atoms with van der Waals surface area (Å²) in [5.41, 5.74) is 5.83. The van der Waals surface area contributed by atoms with Crippen molar-refractivity contribution in [1.82, 2.24) is 9.88 Å². The second kappa shape index (κ2) is 9.53. The number of pyridine rings is 1. The molecule has 0 unspecified atom stereocenters. The summed E-state index contributed by atoms with van der Waals surface area (Å²) in [4.78, 5) is 26.7. The highest BCUT2D eigenvalue weighted by molar-refractivity contribution is 5.96. The van der Waals surface area contributed by atoms with Gasteiger partial charge in [0.25, 0.3) is 0 Å². The molecular formula is C27H31N5O. The van der Waals surface area contributed by atoms with Crippen molar-refractivity contribution in [2.45, 2.75) is 19.9 Å². The third-order valence-corrected chi connectivity index (χ3v) is 6.67. The van der Waals surface area contributed by atoms with Gasteiger partial charge in [-0.15, -0.1) is 0 Å². The Morgan fingerprint density at radius 2 is 1.55 bits per heavy atom. The Morgan fingerprint density at radius 1 is 0.818 bits per heavy atom. The Kier molecular flexibility index (Phi) is 6.15. The quantitative estimate of drug-likeness (QED) is 0.598. The number of anilines is 3. The normalized spacial score (nSPS) is 16.4. The van der Waals surface area contributed by atoms with E-state index in [1.165, 1.54) is 16.8 Å². The molecule has 3 heterocycles. The van der Waals surface area contributed by atoms with Crippen LogP contribution in [-0.2, 0) is 6.54 Å². The first-order valence-corrected chi connectivity index (χ1v) is 11.8. The minimum absolute atomic E-state index is 0.117. The molecule has 5 rings (SSSR count). The van der Waals surface area contributed by atoms with Crippen molar-refractivity contribution in [3.8, 4) is 0 Å². The van der Waals surface area contributed by atoms with Crippen molar-refractivity contribution in [2.24, 2.45) is 0 Å². The number of para-hydroxylation sites is 2. The fraction of sp³-hybridized carbons (Fsp3) is 0.333. The topological polar surface area (TPSA) is 42.9 Å². The smallest absolute Gasteiger partial charge is 0.324 e. The van der Waals surface area contributed by atoms with E-state index in [0.717, 1.165) is 63.6 Å². The Morgan fingerprint density at radius 3 is 2.30 bits per heavy atom. The second-order valence-corrected chi connectivity index (χ2v) is 8.82. The summed E-state index contributed by atoms with van der Waals surface area (Å²) in [5.74, 6) is 0. The first-order valence-electron chi connectivity index (χ1n) is 11.8. The summed E-state index contributed by atoms with van der Waals surface area (Å²) < 4.78 is 0. The molecule has 6 heteroatoms. The molecule has 1 fully saturated rings. The monoisotopic (exact) mass is 441 g/mol. The van der Waals surface area contributed by atoms with Crippen molar-refractivity contribution in [1.29, 1.82) is 0 Å². The summed E-state index contributed by atoms with van der Waals surface area (Å²) >= 11 is 0. The zero-order valence-electron chi connectivity index (χ0n) is 19.2. The van der Waals surface area contributed by atoms with Crippen LogP contribution in [-0.4, -0.2) is 55.2 Å². The minimum Gasteiger partial charge on any atom is -0.367 e. The lowest BCUT2D eigenvalue weighted by atomic mass is 10.1. The SMILES string of the molecule is Cc1ccncc1N1CCN(C(=O)N2CCCN(Cc3ccccc3)c3ccccc32)CC1. The van der Waals surface area contributed by atoms with Crippen LogP contribution in [0.3, 0.4) is 0 Å². The lowest BCUT2D eigenvalue weighted by Crippen LogP contribution is -2.53. The highest BCUT2D eigenvalue weighted by Gasteiger charge is 2.30. The number of hydrogen-bond acceptors (Lipinski definition) is 4. The summed E-state index contributed by atoms with van der Waals surface area (Å²) in [7, 11) is 0. The van der Waals surface area contributed by atoms with Gasteiger partial charge in [0.15, 0.2) is 0 Å².